The molecule has 2 saturated heterocycles. The summed E-state index contributed by atoms with van der Waals surface area (Å²) in [6.45, 7) is 2.60. The van der Waals surface area contributed by atoms with Crippen LogP contribution in [0.3, 0.4) is 0 Å². The zero-order valence-electron chi connectivity index (χ0n) is 19.6. The van der Waals surface area contributed by atoms with Crippen LogP contribution in [0.2, 0.25) is 0 Å². The second-order valence-corrected chi connectivity index (χ2v) is 11.8. The Morgan fingerprint density at radius 3 is 2.71 bits per heavy atom. The number of nitrogens with one attached hydrogen (secondary N) is 1. The Hall–Kier alpha value is -2.14. The molecule has 2 aliphatic heterocycles. The summed E-state index contributed by atoms with van der Waals surface area (Å²) in [5.41, 5.74) is -1.76. The SMILES string of the molecule is CC1(O)CC(F)(F)CCC1Oc1nc(NC2CCN(S(=O)(=O)CC3CCCO3)CC2)ncc1C#N. The molecule has 1 saturated carbocycles. The Morgan fingerprint density at radius 2 is 2.09 bits per heavy atom. The number of anilines is 1. The Morgan fingerprint density at radius 1 is 1.34 bits per heavy atom. The predicted octanol–water partition coefficient (Wildman–Crippen LogP) is 2.05. The minimum Gasteiger partial charge on any atom is -0.470 e. The van der Waals surface area contributed by atoms with Crippen molar-refractivity contribution >= 4 is 16.0 Å². The Labute approximate surface area is 203 Å². The van der Waals surface area contributed by atoms with Gasteiger partial charge in [0.2, 0.25) is 21.9 Å². The van der Waals surface area contributed by atoms with Crippen LogP contribution in [0.25, 0.3) is 0 Å². The Bertz CT molecular complexity index is 1050. The highest BCUT2D eigenvalue weighted by atomic mass is 32.2. The smallest absolute Gasteiger partial charge is 0.251 e. The lowest BCUT2D eigenvalue weighted by molar-refractivity contribution is -0.162. The van der Waals surface area contributed by atoms with E-state index >= 15 is 0 Å². The van der Waals surface area contributed by atoms with E-state index in [1.54, 1.807) is 0 Å². The lowest BCUT2D eigenvalue weighted by Gasteiger charge is -2.40. The zero-order valence-corrected chi connectivity index (χ0v) is 20.4. The lowest BCUT2D eigenvalue weighted by atomic mass is 9.81. The average molecular weight is 516 g/mol. The predicted molar refractivity (Wildman–Crippen MR) is 122 cm³/mol. The topological polar surface area (TPSA) is 138 Å². The van der Waals surface area contributed by atoms with Crippen LogP contribution in [0, 0.1) is 11.3 Å². The minimum atomic E-state index is -3.40. The van der Waals surface area contributed by atoms with E-state index in [1.165, 1.54) is 17.4 Å². The van der Waals surface area contributed by atoms with E-state index in [2.05, 4.69) is 15.3 Å². The van der Waals surface area contributed by atoms with E-state index in [4.69, 9.17) is 9.47 Å². The van der Waals surface area contributed by atoms with Gasteiger partial charge >= 0.3 is 0 Å². The number of nitrogens with zero attached hydrogens (tertiary/aromatic N) is 4. The van der Waals surface area contributed by atoms with Gasteiger partial charge in [0, 0.05) is 38.6 Å². The molecule has 3 fully saturated rings. The number of halogens is 2. The quantitative estimate of drug-likeness (QED) is 0.559. The first-order chi connectivity index (χ1) is 16.5. The third-order valence-electron chi connectivity index (χ3n) is 6.81. The summed E-state index contributed by atoms with van der Waals surface area (Å²) in [5.74, 6) is -2.88. The fraction of sp³-hybridized carbons (Fsp3) is 0.773. The van der Waals surface area contributed by atoms with Crippen molar-refractivity contribution in [1.82, 2.24) is 14.3 Å². The number of ether oxygens (including phenoxy) is 2. The van der Waals surface area contributed by atoms with Gasteiger partial charge in [0.15, 0.2) is 0 Å². The molecule has 194 valence electrons. The number of sulfonamides is 1. The second kappa shape index (κ2) is 10.1. The summed E-state index contributed by atoms with van der Waals surface area (Å²) < 4.78 is 65.5. The number of aromatic nitrogens is 2. The molecule has 1 aliphatic carbocycles. The van der Waals surface area contributed by atoms with E-state index in [9.17, 15) is 27.6 Å². The van der Waals surface area contributed by atoms with Crippen LogP contribution in [0.4, 0.5) is 14.7 Å². The highest BCUT2D eigenvalue weighted by molar-refractivity contribution is 7.89. The van der Waals surface area contributed by atoms with Crippen LogP contribution >= 0.6 is 0 Å². The maximum absolute atomic E-state index is 13.7. The molecule has 1 aromatic rings. The summed E-state index contributed by atoms with van der Waals surface area (Å²) in [7, 11) is -3.40. The number of piperidine rings is 1. The van der Waals surface area contributed by atoms with Crippen LogP contribution in [0.1, 0.15) is 57.4 Å². The van der Waals surface area contributed by atoms with Crippen LogP contribution in [-0.2, 0) is 14.8 Å². The van der Waals surface area contributed by atoms with Crippen molar-refractivity contribution in [2.75, 3.05) is 30.8 Å². The molecule has 0 spiro atoms. The number of hydrogen-bond donors (Lipinski definition) is 2. The molecule has 3 heterocycles. The summed E-state index contributed by atoms with van der Waals surface area (Å²) in [6.07, 6.45) is 1.55. The molecule has 4 rings (SSSR count). The van der Waals surface area contributed by atoms with Gasteiger partial charge in [0.1, 0.15) is 23.3 Å². The summed E-state index contributed by atoms with van der Waals surface area (Å²) in [5, 5.41) is 23.0. The van der Waals surface area contributed by atoms with Crippen molar-refractivity contribution < 1.29 is 31.8 Å². The van der Waals surface area contributed by atoms with Gasteiger partial charge in [-0.1, -0.05) is 0 Å². The highest BCUT2D eigenvalue weighted by Crippen LogP contribution is 2.41. The van der Waals surface area contributed by atoms with Crippen molar-refractivity contribution in [2.45, 2.75) is 81.6 Å². The molecule has 0 amide bonds. The van der Waals surface area contributed by atoms with Crippen molar-refractivity contribution in [1.29, 1.82) is 5.26 Å². The van der Waals surface area contributed by atoms with Crippen LogP contribution in [-0.4, -0.2) is 83.0 Å². The van der Waals surface area contributed by atoms with Gasteiger partial charge in [-0.3, -0.25) is 0 Å². The number of nitriles is 1. The first kappa shape index (κ1) is 25.9. The molecule has 35 heavy (non-hydrogen) atoms. The molecule has 3 aliphatic rings. The second-order valence-electron chi connectivity index (χ2n) is 9.79. The fourth-order valence-corrected chi connectivity index (χ4v) is 6.59. The van der Waals surface area contributed by atoms with Gasteiger partial charge in [-0.15, -0.1) is 0 Å². The van der Waals surface area contributed by atoms with E-state index in [0.717, 1.165) is 12.8 Å². The van der Waals surface area contributed by atoms with E-state index in [1.807, 2.05) is 6.07 Å². The molecule has 3 unspecified atom stereocenters. The van der Waals surface area contributed by atoms with E-state index < -0.39 is 40.5 Å². The number of rotatable bonds is 7. The first-order valence-corrected chi connectivity index (χ1v) is 13.5. The third kappa shape index (κ3) is 6.35. The molecule has 13 heteroatoms. The first-order valence-electron chi connectivity index (χ1n) is 11.9. The lowest BCUT2D eigenvalue weighted by Crippen LogP contribution is -2.51. The molecular weight excluding hydrogens is 484 g/mol. The fourth-order valence-electron chi connectivity index (χ4n) is 4.88. The summed E-state index contributed by atoms with van der Waals surface area (Å²) in [4.78, 5) is 8.39. The monoisotopic (exact) mass is 515 g/mol. The van der Waals surface area contributed by atoms with Crippen LogP contribution < -0.4 is 10.1 Å². The largest absolute Gasteiger partial charge is 0.470 e. The Kier molecular flexibility index (Phi) is 7.47. The van der Waals surface area contributed by atoms with Crippen LogP contribution in [0.5, 0.6) is 5.88 Å². The average Bonchev–Trinajstić information content (AvgIpc) is 3.28. The third-order valence-corrected chi connectivity index (χ3v) is 8.76. The summed E-state index contributed by atoms with van der Waals surface area (Å²) >= 11 is 0. The van der Waals surface area contributed by atoms with Gasteiger partial charge in [-0.25, -0.2) is 26.5 Å². The maximum Gasteiger partial charge on any atom is 0.251 e. The van der Waals surface area contributed by atoms with Crippen molar-refractivity contribution in [3.63, 3.8) is 0 Å². The Balaban J connectivity index is 1.36. The molecule has 3 atom stereocenters. The number of alkyl halides is 2. The van der Waals surface area contributed by atoms with Gasteiger partial charge in [-0.2, -0.15) is 10.2 Å². The maximum atomic E-state index is 13.7. The molecule has 10 nitrogen and oxygen atoms in total. The van der Waals surface area contributed by atoms with Gasteiger partial charge < -0.3 is 19.9 Å². The summed E-state index contributed by atoms with van der Waals surface area (Å²) in [6, 6.07) is 1.82. The molecule has 0 bridgehead atoms. The van der Waals surface area contributed by atoms with Crippen LogP contribution in [0.15, 0.2) is 6.20 Å². The van der Waals surface area contributed by atoms with E-state index in [0.29, 0.717) is 32.5 Å². The van der Waals surface area contributed by atoms with Gasteiger partial charge in [0.25, 0.3) is 5.92 Å². The minimum absolute atomic E-state index is 0.00139. The van der Waals surface area contributed by atoms with Gasteiger partial charge in [-0.05, 0) is 39.0 Å². The number of aliphatic hydroxyl groups is 1. The zero-order chi connectivity index (χ0) is 25.3. The molecule has 0 radical (unpaired) electrons. The van der Waals surface area contributed by atoms with Crippen molar-refractivity contribution in [3.05, 3.63) is 11.8 Å². The molecule has 0 aromatic carbocycles. The number of hydrogen-bond acceptors (Lipinski definition) is 9. The highest BCUT2D eigenvalue weighted by Gasteiger charge is 2.49. The standard InChI is InChI=1S/C22H31F2N5O5S/c1-21(30)14-22(23,24)7-4-18(21)34-19-15(11-25)12-26-20(28-19)27-16-5-8-29(9-6-16)35(31,32)13-17-3-2-10-33-17/h12,16-18,30H,2-10,13-14H2,1H3,(H,26,27,28). The molecular formula is C22H31F2N5O5S. The molecule has 2 N–H and O–H groups in total. The normalized spacial score (nSPS) is 30.0. The van der Waals surface area contributed by atoms with E-state index in [-0.39, 0.29) is 41.7 Å². The van der Waals surface area contributed by atoms with Crippen molar-refractivity contribution in [3.8, 4) is 11.9 Å². The van der Waals surface area contributed by atoms with Gasteiger partial charge in [0.05, 0.1) is 18.1 Å². The molecule has 1 aromatic heterocycles. The van der Waals surface area contributed by atoms with Crippen molar-refractivity contribution in [2.24, 2.45) is 0 Å².